The lowest BCUT2D eigenvalue weighted by Crippen LogP contribution is -2.36. The number of hydrogen-bond donors (Lipinski definition) is 2. The molecule has 3 rings (SSSR count). The predicted octanol–water partition coefficient (Wildman–Crippen LogP) is 3.12. The highest BCUT2D eigenvalue weighted by Crippen LogP contribution is 2.09. The van der Waals surface area contributed by atoms with E-state index < -0.39 is 0 Å². The highest BCUT2D eigenvalue weighted by atomic mass is 127. The smallest absolute Gasteiger partial charge is 0.191 e. The van der Waals surface area contributed by atoms with E-state index in [2.05, 4.69) is 43.1 Å². The van der Waals surface area contributed by atoms with E-state index in [1.807, 2.05) is 36.0 Å². The largest absolute Gasteiger partial charge is 0.352 e. The van der Waals surface area contributed by atoms with Crippen LogP contribution in [-0.4, -0.2) is 27.5 Å². The molecular weight excluding hydrogens is 447 g/mol. The van der Waals surface area contributed by atoms with Gasteiger partial charge in [0.25, 0.3) is 0 Å². The zero-order valence-corrected chi connectivity index (χ0v) is 17.3. The van der Waals surface area contributed by atoms with Gasteiger partial charge in [-0.1, -0.05) is 12.1 Å². The standard InChI is InChI=1S/C17H20N6S.HI/c1-13-19-7-8-23(13)16-6-5-14(10-20-16)11-21-17(18-2)22-12-15-4-3-9-24-15;/h3-10H,11-12H2,1-2H3,(H2,18,21,22);1H. The van der Waals surface area contributed by atoms with Crippen molar-refractivity contribution in [3.05, 3.63) is 64.5 Å². The fourth-order valence-electron chi connectivity index (χ4n) is 2.27. The van der Waals surface area contributed by atoms with Gasteiger partial charge in [0.05, 0.1) is 6.54 Å². The number of halogens is 1. The predicted molar refractivity (Wildman–Crippen MR) is 113 cm³/mol. The molecule has 2 N–H and O–H groups in total. The molecule has 25 heavy (non-hydrogen) atoms. The van der Waals surface area contributed by atoms with Gasteiger partial charge in [-0.25, -0.2) is 9.97 Å². The summed E-state index contributed by atoms with van der Waals surface area (Å²) < 4.78 is 1.96. The van der Waals surface area contributed by atoms with Crippen LogP contribution in [0.5, 0.6) is 0 Å². The molecule has 0 saturated heterocycles. The summed E-state index contributed by atoms with van der Waals surface area (Å²) >= 11 is 1.73. The summed E-state index contributed by atoms with van der Waals surface area (Å²) in [4.78, 5) is 14.2. The first kappa shape index (κ1) is 19.4. The van der Waals surface area contributed by atoms with Crippen molar-refractivity contribution < 1.29 is 0 Å². The average molecular weight is 468 g/mol. The SMILES string of the molecule is CN=C(NCc1ccc(-n2ccnc2C)nc1)NCc1cccs1.I. The second-order valence-electron chi connectivity index (χ2n) is 5.23. The third-order valence-corrected chi connectivity index (χ3v) is 4.45. The van der Waals surface area contributed by atoms with Crippen molar-refractivity contribution in [3.63, 3.8) is 0 Å². The van der Waals surface area contributed by atoms with Crippen molar-refractivity contribution in [1.82, 2.24) is 25.2 Å². The molecular formula is C17H21IN6S. The first-order chi connectivity index (χ1) is 11.8. The number of aryl methyl sites for hydroxylation is 1. The Bertz CT molecular complexity index is 795. The van der Waals surface area contributed by atoms with Gasteiger partial charge in [-0.15, -0.1) is 35.3 Å². The second-order valence-corrected chi connectivity index (χ2v) is 6.26. The molecule has 3 aromatic rings. The van der Waals surface area contributed by atoms with Crippen LogP contribution in [0.4, 0.5) is 0 Å². The number of hydrogen-bond acceptors (Lipinski definition) is 4. The van der Waals surface area contributed by atoms with Crippen molar-refractivity contribution in [3.8, 4) is 5.82 Å². The van der Waals surface area contributed by atoms with Crippen molar-refractivity contribution in [1.29, 1.82) is 0 Å². The van der Waals surface area contributed by atoms with Crippen LogP contribution < -0.4 is 10.6 Å². The zero-order valence-electron chi connectivity index (χ0n) is 14.1. The third kappa shape index (κ3) is 5.27. The molecule has 3 heterocycles. The number of thiophene rings is 1. The lowest BCUT2D eigenvalue weighted by Gasteiger charge is -2.11. The van der Waals surface area contributed by atoms with Gasteiger partial charge in [-0.2, -0.15) is 0 Å². The van der Waals surface area contributed by atoms with Crippen LogP contribution in [0, 0.1) is 6.92 Å². The maximum Gasteiger partial charge on any atom is 0.191 e. The van der Waals surface area contributed by atoms with Crippen molar-refractivity contribution in [2.24, 2.45) is 4.99 Å². The van der Waals surface area contributed by atoms with Gasteiger partial charge >= 0.3 is 0 Å². The Morgan fingerprint density at radius 1 is 1.20 bits per heavy atom. The minimum Gasteiger partial charge on any atom is -0.352 e. The van der Waals surface area contributed by atoms with Gasteiger partial charge in [-0.3, -0.25) is 9.56 Å². The van der Waals surface area contributed by atoms with E-state index in [0.717, 1.165) is 29.7 Å². The molecule has 0 amide bonds. The summed E-state index contributed by atoms with van der Waals surface area (Å²) in [7, 11) is 1.77. The van der Waals surface area contributed by atoms with Crippen molar-refractivity contribution in [2.45, 2.75) is 20.0 Å². The van der Waals surface area contributed by atoms with Crippen molar-refractivity contribution >= 4 is 41.3 Å². The number of pyridine rings is 1. The Labute approximate surface area is 168 Å². The lowest BCUT2D eigenvalue weighted by atomic mass is 10.3. The van der Waals surface area contributed by atoms with E-state index in [-0.39, 0.29) is 24.0 Å². The number of guanidine groups is 1. The molecule has 0 bridgehead atoms. The first-order valence-corrected chi connectivity index (χ1v) is 8.56. The minimum absolute atomic E-state index is 0. The fraction of sp³-hybridized carbons (Fsp3) is 0.235. The van der Waals surface area contributed by atoms with Crippen LogP contribution in [0.15, 0.2) is 53.2 Å². The van der Waals surface area contributed by atoms with Gasteiger partial charge in [-0.05, 0) is 30.0 Å². The fourth-order valence-corrected chi connectivity index (χ4v) is 2.92. The molecule has 0 saturated carbocycles. The highest BCUT2D eigenvalue weighted by Gasteiger charge is 2.03. The van der Waals surface area contributed by atoms with Crippen LogP contribution in [0.1, 0.15) is 16.3 Å². The summed E-state index contributed by atoms with van der Waals surface area (Å²) in [5, 5.41) is 8.67. The summed E-state index contributed by atoms with van der Waals surface area (Å²) in [5.41, 5.74) is 1.09. The third-order valence-electron chi connectivity index (χ3n) is 3.58. The maximum atomic E-state index is 4.50. The number of aliphatic imine (C=N–C) groups is 1. The quantitative estimate of drug-likeness (QED) is 0.343. The van der Waals surface area contributed by atoms with Crippen LogP contribution in [0.2, 0.25) is 0 Å². The molecule has 0 aliphatic rings. The molecule has 0 spiro atoms. The van der Waals surface area contributed by atoms with Gasteiger partial charge in [0.2, 0.25) is 0 Å². The lowest BCUT2D eigenvalue weighted by molar-refractivity contribution is 0.811. The van der Waals surface area contributed by atoms with E-state index in [0.29, 0.717) is 6.54 Å². The average Bonchev–Trinajstić information content (AvgIpc) is 3.27. The molecule has 3 aromatic heterocycles. The molecule has 8 heteroatoms. The molecule has 0 radical (unpaired) electrons. The second kappa shape index (κ2) is 9.52. The Balaban J connectivity index is 0.00000225. The molecule has 132 valence electrons. The van der Waals surface area contributed by atoms with E-state index in [1.54, 1.807) is 24.6 Å². The van der Waals surface area contributed by atoms with Gasteiger partial charge in [0.15, 0.2) is 5.96 Å². The molecule has 0 aliphatic heterocycles. The van der Waals surface area contributed by atoms with E-state index in [4.69, 9.17) is 0 Å². The zero-order chi connectivity index (χ0) is 16.8. The molecule has 0 unspecified atom stereocenters. The molecule has 0 aromatic carbocycles. The normalized spacial score (nSPS) is 11.0. The van der Waals surface area contributed by atoms with Gasteiger partial charge < -0.3 is 10.6 Å². The molecule has 0 atom stereocenters. The number of imidazole rings is 1. The van der Waals surface area contributed by atoms with Crippen molar-refractivity contribution in [2.75, 3.05) is 7.05 Å². The van der Waals surface area contributed by atoms with Crippen LogP contribution in [-0.2, 0) is 13.1 Å². The number of aromatic nitrogens is 3. The summed E-state index contributed by atoms with van der Waals surface area (Å²) in [6, 6.07) is 8.20. The Kier molecular flexibility index (Phi) is 7.38. The van der Waals surface area contributed by atoms with E-state index in [1.165, 1.54) is 4.88 Å². The molecule has 0 fully saturated rings. The maximum absolute atomic E-state index is 4.50. The van der Waals surface area contributed by atoms with Gasteiger partial charge in [0, 0.05) is 37.1 Å². The van der Waals surface area contributed by atoms with Gasteiger partial charge in [0.1, 0.15) is 11.6 Å². The van der Waals surface area contributed by atoms with Crippen LogP contribution in [0.3, 0.4) is 0 Å². The monoisotopic (exact) mass is 468 g/mol. The Hall–Kier alpha value is -1.94. The number of rotatable bonds is 5. The summed E-state index contributed by atoms with van der Waals surface area (Å²) in [6.45, 7) is 3.40. The summed E-state index contributed by atoms with van der Waals surface area (Å²) in [5.74, 6) is 2.57. The van der Waals surface area contributed by atoms with Crippen LogP contribution in [0.25, 0.3) is 5.82 Å². The summed E-state index contributed by atoms with van der Waals surface area (Å²) in [6.07, 6.45) is 5.55. The number of nitrogens with zero attached hydrogens (tertiary/aromatic N) is 4. The van der Waals surface area contributed by atoms with E-state index in [9.17, 15) is 0 Å². The highest BCUT2D eigenvalue weighted by molar-refractivity contribution is 14.0. The van der Waals surface area contributed by atoms with E-state index >= 15 is 0 Å². The minimum atomic E-state index is 0. The number of nitrogens with one attached hydrogen (secondary N) is 2. The molecule has 6 nitrogen and oxygen atoms in total. The van der Waals surface area contributed by atoms with Crippen LogP contribution >= 0.6 is 35.3 Å². The Morgan fingerprint density at radius 2 is 2.04 bits per heavy atom. The topological polar surface area (TPSA) is 67.1 Å². The molecule has 0 aliphatic carbocycles. The Morgan fingerprint density at radius 3 is 2.64 bits per heavy atom. The first-order valence-electron chi connectivity index (χ1n) is 7.68.